The van der Waals surface area contributed by atoms with Crippen LogP contribution < -0.4 is 5.32 Å². The Balaban J connectivity index is 2.04. The van der Waals surface area contributed by atoms with E-state index in [1.807, 2.05) is 0 Å². The third kappa shape index (κ3) is 3.79. The second kappa shape index (κ2) is 6.10. The molecule has 0 bridgehead atoms. The Labute approximate surface area is 127 Å². The van der Waals surface area contributed by atoms with E-state index >= 15 is 0 Å². The first kappa shape index (κ1) is 15.9. The lowest BCUT2D eigenvalue weighted by atomic mass is 10.2. The standard InChI is InChI=1S/C12H17N3O4S2/c1-3-15(9-4-5-21(18,19)7-9)11(17)10(16)14-12-13-8(2)6-20-12/h6,9H,3-5,7H2,1-2H3,(H,13,14,16). The molecule has 1 N–H and O–H groups in total. The Hall–Kier alpha value is -1.48. The van der Waals surface area contributed by atoms with Crippen molar-refractivity contribution in [3.05, 3.63) is 11.1 Å². The monoisotopic (exact) mass is 331 g/mol. The lowest BCUT2D eigenvalue weighted by Gasteiger charge is -2.25. The van der Waals surface area contributed by atoms with Gasteiger partial charge < -0.3 is 4.90 Å². The van der Waals surface area contributed by atoms with Crippen LogP contribution >= 0.6 is 11.3 Å². The van der Waals surface area contributed by atoms with Gasteiger partial charge in [-0.15, -0.1) is 11.3 Å². The number of thiazole rings is 1. The van der Waals surface area contributed by atoms with Crippen molar-refractivity contribution in [3.63, 3.8) is 0 Å². The van der Waals surface area contributed by atoms with Crippen LogP contribution in [0, 0.1) is 6.92 Å². The van der Waals surface area contributed by atoms with Gasteiger partial charge in [0, 0.05) is 18.0 Å². The van der Waals surface area contributed by atoms with Crippen molar-refractivity contribution in [1.29, 1.82) is 0 Å². The van der Waals surface area contributed by atoms with Crippen molar-refractivity contribution in [1.82, 2.24) is 9.88 Å². The van der Waals surface area contributed by atoms with Gasteiger partial charge in [-0.2, -0.15) is 0 Å². The van der Waals surface area contributed by atoms with Crippen LogP contribution in [0.4, 0.5) is 5.13 Å². The zero-order valence-electron chi connectivity index (χ0n) is 11.8. The van der Waals surface area contributed by atoms with Gasteiger partial charge in [-0.25, -0.2) is 13.4 Å². The average Bonchev–Trinajstić information content (AvgIpc) is 2.96. The number of carbonyl (C=O) groups excluding carboxylic acids is 2. The fourth-order valence-corrected chi connectivity index (χ4v) is 4.70. The summed E-state index contributed by atoms with van der Waals surface area (Å²) in [4.78, 5) is 29.5. The van der Waals surface area contributed by atoms with Crippen LogP contribution in [0.25, 0.3) is 0 Å². The number of amides is 2. The molecule has 1 saturated heterocycles. The van der Waals surface area contributed by atoms with Crippen molar-refractivity contribution in [2.75, 3.05) is 23.4 Å². The molecule has 0 aliphatic carbocycles. The molecule has 9 heteroatoms. The molecule has 0 spiro atoms. The quantitative estimate of drug-likeness (QED) is 0.810. The van der Waals surface area contributed by atoms with Crippen LogP contribution in [0.5, 0.6) is 0 Å². The van der Waals surface area contributed by atoms with Gasteiger partial charge in [0.25, 0.3) is 0 Å². The van der Waals surface area contributed by atoms with Gasteiger partial charge in [-0.05, 0) is 20.3 Å². The highest BCUT2D eigenvalue weighted by Gasteiger charge is 2.36. The Kier molecular flexibility index (Phi) is 4.62. The van der Waals surface area contributed by atoms with Crippen molar-refractivity contribution in [2.45, 2.75) is 26.3 Å². The molecule has 1 aliphatic rings. The summed E-state index contributed by atoms with van der Waals surface area (Å²) in [7, 11) is -3.10. The molecule has 21 heavy (non-hydrogen) atoms. The third-order valence-electron chi connectivity index (χ3n) is 3.28. The molecule has 116 valence electrons. The second-order valence-electron chi connectivity index (χ2n) is 4.90. The minimum absolute atomic E-state index is 0.0642. The number of anilines is 1. The normalized spacial score (nSPS) is 20.2. The molecular formula is C12H17N3O4S2. The molecule has 1 aromatic rings. The highest BCUT2D eigenvalue weighted by Crippen LogP contribution is 2.19. The zero-order valence-corrected chi connectivity index (χ0v) is 13.5. The van der Waals surface area contributed by atoms with Crippen molar-refractivity contribution < 1.29 is 18.0 Å². The van der Waals surface area contributed by atoms with E-state index in [1.165, 1.54) is 16.2 Å². The Bertz CT molecular complexity index is 653. The summed E-state index contributed by atoms with van der Waals surface area (Å²) in [6.45, 7) is 3.81. The van der Waals surface area contributed by atoms with Crippen molar-refractivity contribution in [3.8, 4) is 0 Å². The number of nitrogens with one attached hydrogen (secondary N) is 1. The zero-order chi connectivity index (χ0) is 15.6. The van der Waals surface area contributed by atoms with Crippen molar-refractivity contribution in [2.24, 2.45) is 0 Å². The number of hydrogen-bond donors (Lipinski definition) is 1. The third-order valence-corrected chi connectivity index (χ3v) is 5.91. The van der Waals surface area contributed by atoms with E-state index < -0.39 is 27.7 Å². The molecule has 0 radical (unpaired) electrons. The average molecular weight is 331 g/mol. The fraction of sp³-hybridized carbons (Fsp3) is 0.583. The molecule has 2 rings (SSSR count). The first-order valence-corrected chi connectivity index (χ1v) is 9.27. The maximum absolute atomic E-state index is 12.2. The Morgan fingerprint density at radius 2 is 2.24 bits per heavy atom. The summed E-state index contributed by atoms with van der Waals surface area (Å²) in [5, 5.41) is 4.58. The van der Waals surface area contributed by atoms with Gasteiger partial charge in [0.15, 0.2) is 15.0 Å². The highest BCUT2D eigenvalue weighted by molar-refractivity contribution is 7.91. The van der Waals surface area contributed by atoms with Crippen molar-refractivity contribution >= 4 is 38.1 Å². The smallest absolute Gasteiger partial charge is 0.315 e. The fourth-order valence-electron chi connectivity index (χ4n) is 2.28. The Morgan fingerprint density at radius 1 is 1.52 bits per heavy atom. The molecule has 1 aromatic heterocycles. The summed E-state index contributed by atoms with van der Waals surface area (Å²) < 4.78 is 23.0. The van der Waals surface area contributed by atoms with Crippen LogP contribution in [-0.4, -0.2) is 54.2 Å². The maximum atomic E-state index is 12.2. The van der Waals surface area contributed by atoms with Gasteiger partial charge in [-0.3, -0.25) is 14.9 Å². The molecule has 1 unspecified atom stereocenters. The lowest BCUT2D eigenvalue weighted by Crippen LogP contribution is -2.46. The topological polar surface area (TPSA) is 96.4 Å². The first-order chi connectivity index (χ1) is 9.82. The van der Waals surface area contributed by atoms with E-state index in [2.05, 4.69) is 10.3 Å². The predicted molar refractivity (Wildman–Crippen MR) is 79.9 cm³/mol. The minimum atomic E-state index is -3.10. The molecule has 1 atom stereocenters. The lowest BCUT2D eigenvalue weighted by molar-refractivity contribution is -0.144. The van der Waals surface area contributed by atoms with Crippen LogP contribution in [0.15, 0.2) is 5.38 Å². The van der Waals surface area contributed by atoms with Gasteiger partial charge in [0.05, 0.1) is 17.2 Å². The maximum Gasteiger partial charge on any atom is 0.315 e. The Morgan fingerprint density at radius 3 is 2.71 bits per heavy atom. The molecule has 1 fully saturated rings. The van der Waals surface area contributed by atoms with E-state index in [0.717, 1.165) is 5.69 Å². The van der Waals surface area contributed by atoms with E-state index in [1.54, 1.807) is 19.2 Å². The van der Waals surface area contributed by atoms with Gasteiger partial charge in [0.1, 0.15) is 0 Å². The summed E-state index contributed by atoms with van der Waals surface area (Å²) in [6, 6.07) is -0.420. The van der Waals surface area contributed by atoms with E-state index in [0.29, 0.717) is 18.1 Å². The van der Waals surface area contributed by atoms with Crippen LogP contribution in [0.1, 0.15) is 19.0 Å². The van der Waals surface area contributed by atoms with E-state index in [9.17, 15) is 18.0 Å². The summed E-state index contributed by atoms with van der Waals surface area (Å²) in [6.07, 6.45) is 0.381. The van der Waals surface area contributed by atoms with Crippen LogP contribution in [-0.2, 0) is 19.4 Å². The van der Waals surface area contributed by atoms with Gasteiger partial charge in [-0.1, -0.05) is 0 Å². The SMILES string of the molecule is CCN(C(=O)C(=O)Nc1nc(C)cs1)C1CCS(=O)(=O)C1. The summed E-state index contributed by atoms with van der Waals surface area (Å²) in [5.74, 6) is -1.51. The number of sulfone groups is 1. The number of aromatic nitrogens is 1. The number of carbonyl (C=O) groups is 2. The van der Waals surface area contributed by atoms with Crippen LogP contribution in [0.3, 0.4) is 0 Å². The number of rotatable bonds is 3. The van der Waals surface area contributed by atoms with Gasteiger partial charge >= 0.3 is 11.8 Å². The molecule has 2 heterocycles. The van der Waals surface area contributed by atoms with Gasteiger partial charge in [0.2, 0.25) is 0 Å². The number of likely N-dealkylation sites (N-methyl/N-ethyl adjacent to an activating group) is 1. The molecule has 7 nitrogen and oxygen atoms in total. The first-order valence-electron chi connectivity index (χ1n) is 6.57. The van der Waals surface area contributed by atoms with E-state index in [4.69, 9.17) is 0 Å². The van der Waals surface area contributed by atoms with E-state index in [-0.39, 0.29) is 11.5 Å². The molecule has 0 aromatic carbocycles. The predicted octanol–water partition coefficient (Wildman–Crippen LogP) is 0.426. The number of aryl methyl sites for hydroxylation is 1. The molecule has 0 saturated carbocycles. The minimum Gasteiger partial charge on any atom is -0.331 e. The molecule has 2 amide bonds. The van der Waals surface area contributed by atoms with Crippen LogP contribution in [0.2, 0.25) is 0 Å². The molecular weight excluding hydrogens is 314 g/mol. The summed E-state index contributed by atoms with van der Waals surface area (Å²) in [5.41, 5.74) is 0.761. The number of nitrogens with zero attached hydrogens (tertiary/aromatic N) is 2. The number of hydrogen-bond acceptors (Lipinski definition) is 6. The summed E-state index contributed by atoms with van der Waals surface area (Å²) >= 11 is 1.24. The largest absolute Gasteiger partial charge is 0.331 e. The highest BCUT2D eigenvalue weighted by atomic mass is 32.2. The second-order valence-corrected chi connectivity index (χ2v) is 7.98. The molecule has 1 aliphatic heterocycles.